The zero-order chi connectivity index (χ0) is 34.1. The molecule has 2 aliphatic carbocycles. The summed E-state index contributed by atoms with van der Waals surface area (Å²) in [5.41, 5.74) is -1.11. The van der Waals surface area contributed by atoms with Crippen molar-refractivity contribution in [2.45, 2.75) is 95.9 Å². The molecule has 8 atom stereocenters. The Morgan fingerprint density at radius 3 is 2.49 bits per heavy atom. The summed E-state index contributed by atoms with van der Waals surface area (Å²) in [7, 11) is 1.45. The first-order chi connectivity index (χ1) is 22.1. The number of rotatable bonds is 2. The maximum atomic E-state index is 16.0. The molecule has 2 saturated carbocycles. The SMILES string of the molecule is COc1ccc2nc3c(nc2c1)O[C@H]1CN(C(=O)[C@H](C(C)(C)C)NC(=O)O[C@@H]2CC4C([C@H]2CCCCC3(F)F)C4(F)F)[C@H](C=O)[C@@H]1C. The number of carbonyl (C=O) groups is 3. The summed E-state index contributed by atoms with van der Waals surface area (Å²) in [6, 6.07) is 2.47. The molecular formula is C33H40F4N4O6. The lowest BCUT2D eigenvalue weighted by molar-refractivity contribution is -0.139. The van der Waals surface area contributed by atoms with Gasteiger partial charge in [-0.1, -0.05) is 34.1 Å². The largest absolute Gasteiger partial charge is 0.497 e. The van der Waals surface area contributed by atoms with Gasteiger partial charge in [-0.3, -0.25) is 4.79 Å². The molecule has 0 radical (unpaired) electrons. The molecule has 2 aliphatic heterocycles. The van der Waals surface area contributed by atoms with E-state index in [1.165, 1.54) is 24.1 Å². The average molecular weight is 665 g/mol. The van der Waals surface area contributed by atoms with Gasteiger partial charge in [-0.2, -0.15) is 8.78 Å². The van der Waals surface area contributed by atoms with Gasteiger partial charge >= 0.3 is 6.09 Å². The first kappa shape index (κ1) is 33.2. The average Bonchev–Trinajstić information content (AvgIpc) is 3.25. The van der Waals surface area contributed by atoms with Gasteiger partial charge in [0.1, 0.15) is 30.3 Å². The maximum absolute atomic E-state index is 16.0. The van der Waals surface area contributed by atoms with E-state index in [1.54, 1.807) is 33.8 Å². The number of alkyl carbamates (subject to hydrolysis) is 1. The van der Waals surface area contributed by atoms with Crippen LogP contribution in [0.5, 0.6) is 11.6 Å². The van der Waals surface area contributed by atoms with E-state index < -0.39 is 95.2 Å². The maximum Gasteiger partial charge on any atom is 0.408 e. The fourth-order valence-corrected chi connectivity index (χ4v) is 7.58. The van der Waals surface area contributed by atoms with Crippen molar-refractivity contribution in [2.24, 2.45) is 29.1 Å². The number of nitrogens with zero attached hydrogens (tertiary/aromatic N) is 3. The van der Waals surface area contributed by atoms with E-state index in [0.717, 1.165) is 0 Å². The molecule has 6 rings (SSSR count). The van der Waals surface area contributed by atoms with Gasteiger partial charge in [0.15, 0.2) is 5.69 Å². The molecule has 2 aromatic rings. The summed E-state index contributed by atoms with van der Waals surface area (Å²) in [5.74, 6) is -10.3. The van der Waals surface area contributed by atoms with E-state index in [1.807, 2.05) is 0 Å². The highest BCUT2D eigenvalue weighted by Crippen LogP contribution is 2.68. The van der Waals surface area contributed by atoms with E-state index in [2.05, 4.69) is 15.3 Å². The second-order valence-corrected chi connectivity index (χ2v) is 14.4. The summed E-state index contributed by atoms with van der Waals surface area (Å²) in [6.07, 6.45) is -2.47. The zero-order valence-electron chi connectivity index (χ0n) is 27.0. The van der Waals surface area contributed by atoms with E-state index in [9.17, 15) is 23.2 Å². The molecule has 3 heterocycles. The van der Waals surface area contributed by atoms with E-state index in [-0.39, 0.29) is 43.3 Å². The number of hydrogen-bond acceptors (Lipinski definition) is 8. The molecule has 14 heteroatoms. The topological polar surface area (TPSA) is 120 Å². The standard InChI is InChI=1S/C33H40F4N4O6/c1-16-22(15-42)41-14-24(16)46-28-26(38-20-10-9-17(45-5)12-21(20)39-28)32(34,35)11-7-6-8-18-23(13-19-25(18)33(19,36)37)47-30(44)40-27(29(41)43)31(2,3)4/h9-10,12,15-16,18-19,22-25,27H,6-8,11,13-14H2,1-5H3,(H,40,44)/t16-,18-,19?,22+,23+,24-,25?,27+/m0/s1. The Labute approximate surface area is 269 Å². The zero-order valence-corrected chi connectivity index (χ0v) is 27.0. The summed E-state index contributed by atoms with van der Waals surface area (Å²) >= 11 is 0. The molecule has 3 fully saturated rings. The number of benzene rings is 1. The number of alkyl halides is 4. The van der Waals surface area contributed by atoms with Gasteiger partial charge < -0.3 is 29.2 Å². The highest BCUT2D eigenvalue weighted by Gasteiger charge is 2.76. The molecule has 4 aliphatic rings. The van der Waals surface area contributed by atoms with Crippen molar-refractivity contribution in [3.63, 3.8) is 0 Å². The van der Waals surface area contributed by atoms with Crippen LogP contribution >= 0.6 is 0 Å². The molecule has 2 amide bonds. The number of carbonyl (C=O) groups excluding carboxylic acids is 3. The molecule has 2 unspecified atom stereocenters. The fourth-order valence-electron chi connectivity index (χ4n) is 7.58. The summed E-state index contributed by atoms with van der Waals surface area (Å²) in [5, 5.41) is 2.64. The molecule has 0 spiro atoms. The molecule has 1 saturated heterocycles. The van der Waals surface area contributed by atoms with Crippen molar-refractivity contribution < 1.29 is 46.2 Å². The Morgan fingerprint density at radius 1 is 1.06 bits per heavy atom. The lowest BCUT2D eigenvalue weighted by Gasteiger charge is -2.35. The summed E-state index contributed by atoms with van der Waals surface area (Å²) in [6.45, 7) is 6.70. The normalized spacial score (nSPS) is 33.7. The predicted molar refractivity (Wildman–Crippen MR) is 160 cm³/mol. The Morgan fingerprint density at radius 2 is 1.81 bits per heavy atom. The summed E-state index contributed by atoms with van der Waals surface area (Å²) < 4.78 is 78.1. The van der Waals surface area contributed by atoms with Crippen molar-refractivity contribution >= 4 is 29.3 Å². The van der Waals surface area contributed by atoms with Crippen LogP contribution < -0.4 is 14.8 Å². The number of amides is 2. The third-order valence-electron chi connectivity index (χ3n) is 10.3. The van der Waals surface area contributed by atoms with Crippen molar-refractivity contribution in [1.82, 2.24) is 20.2 Å². The number of fused-ring (bicyclic) bond motifs is 7. The van der Waals surface area contributed by atoms with Crippen LogP contribution in [-0.2, 0) is 20.2 Å². The van der Waals surface area contributed by atoms with Crippen molar-refractivity contribution in [3.8, 4) is 11.6 Å². The number of methoxy groups -OCH3 is 1. The minimum atomic E-state index is -3.52. The summed E-state index contributed by atoms with van der Waals surface area (Å²) in [4.78, 5) is 49.6. The number of hydrogen-bond donors (Lipinski definition) is 1. The van der Waals surface area contributed by atoms with Crippen molar-refractivity contribution in [1.29, 1.82) is 0 Å². The molecular weight excluding hydrogens is 624 g/mol. The molecule has 1 aromatic heterocycles. The first-order valence-corrected chi connectivity index (χ1v) is 16.1. The molecule has 256 valence electrons. The van der Waals surface area contributed by atoms with Gasteiger partial charge in [0.05, 0.1) is 30.7 Å². The predicted octanol–water partition coefficient (Wildman–Crippen LogP) is 5.51. The number of nitrogens with one attached hydrogen (secondary N) is 1. The second-order valence-electron chi connectivity index (χ2n) is 14.4. The smallest absolute Gasteiger partial charge is 0.408 e. The van der Waals surface area contributed by atoms with Gasteiger partial charge in [0.25, 0.3) is 11.8 Å². The lowest BCUT2D eigenvalue weighted by atomic mass is 9.85. The van der Waals surface area contributed by atoms with Crippen LogP contribution in [0.4, 0.5) is 22.4 Å². The van der Waals surface area contributed by atoms with Crippen LogP contribution in [0.1, 0.15) is 65.5 Å². The van der Waals surface area contributed by atoms with Crippen molar-refractivity contribution in [2.75, 3.05) is 13.7 Å². The van der Waals surface area contributed by atoms with Gasteiger partial charge in [0, 0.05) is 36.2 Å². The van der Waals surface area contributed by atoms with Gasteiger partial charge in [-0.25, -0.2) is 23.5 Å². The van der Waals surface area contributed by atoms with E-state index >= 15 is 8.78 Å². The number of ether oxygens (including phenoxy) is 3. The van der Waals surface area contributed by atoms with Crippen LogP contribution in [-0.4, -0.2) is 77.0 Å². The van der Waals surface area contributed by atoms with Crippen LogP contribution in [0.15, 0.2) is 18.2 Å². The molecule has 2 bridgehead atoms. The second kappa shape index (κ2) is 11.8. The van der Waals surface area contributed by atoms with Crippen LogP contribution in [0.2, 0.25) is 0 Å². The quantitative estimate of drug-likeness (QED) is 0.330. The Bertz CT molecular complexity index is 1570. The van der Waals surface area contributed by atoms with Crippen LogP contribution in [0.25, 0.3) is 11.0 Å². The number of aldehydes is 1. The lowest BCUT2D eigenvalue weighted by Crippen LogP contribution is -2.56. The van der Waals surface area contributed by atoms with Gasteiger partial charge in [-0.15, -0.1) is 0 Å². The number of aromatic nitrogens is 2. The molecule has 10 nitrogen and oxygen atoms in total. The molecule has 1 N–H and O–H groups in total. The Kier molecular flexibility index (Phi) is 8.31. The van der Waals surface area contributed by atoms with Crippen molar-refractivity contribution in [3.05, 3.63) is 23.9 Å². The Balaban J connectivity index is 1.40. The highest BCUT2D eigenvalue weighted by molar-refractivity contribution is 5.89. The number of halogens is 4. The van der Waals surface area contributed by atoms with Crippen LogP contribution in [0.3, 0.4) is 0 Å². The van der Waals surface area contributed by atoms with Gasteiger partial charge in [-0.05, 0) is 36.8 Å². The van der Waals surface area contributed by atoms with Gasteiger partial charge in [0.2, 0.25) is 11.8 Å². The molecule has 1 aromatic carbocycles. The monoisotopic (exact) mass is 664 g/mol. The minimum Gasteiger partial charge on any atom is -0.497 e. The van der Waals surface area contributed by atoms with E-state index in [0.29, 0.717) is 12.0 Å². The minimum absolute atomic E-state index is 0.0193. The third-order valence-corrected chi connectivity index (χ3v) is 10.3. The van der Waals surface area contributed by atoms with E-state index in [4.69, 9.17) is 14.2 Å². The third kappa shape index (κ3) is 5.96. The first-order valence-electron chi connectivity index (χ1n) is 16.1. The Hall–Kier alpha value is -3.71. The highest BCUT2D eigenvalue weighted by atomic mass is 19.3. The molecule has 47 heavy (non-hydrogen) atoms. The van der Waals surface area contributed by atoms with Crippen LogP contribution in [0, 0.1) is 29.1 Å². The fraction of sp³-hybridized carbons (Fsp3) is 0.667.